The number of hydrogen-bond acceptors (Lipinski definition) is 5. The van der Waals surface area contributed by atoms with Gasteiger partial charge in [0.2, 0.25) is 0 Å². The summed E-state index contributed by atoms with van der Waals surface area (Å²) in [6.07, 6.45) is 12.6. The number of nitrogens with one attached hydrogen (secondary N) is 1. The molecule has 5 heterocycles. The molecule has 0 atom stereocenters. The fraction of sp³-hybridized carbons (Fsp3) is 0.224. The highest BCUT2D eigenvalue weighted by atomic mass is 16.6. The van der Waals surface area contributed by atoms with Crippen LogP contribution >= 0.6 is 0 Å². The van der Waals surface area contributed by atoms with E-state index in [9.17, 15) is 5.11 Å². The van der Waals surface area contributed by atoms with Crippen LogP contribution in [0.3, 0.4) is 0 Å². The molecular formula is C58H56N4O2. The van der Waals surface area contributed by atoms with E-state index in [0.717, 1.165) is 89.8 Å². The summed E-state index contributed by atoms with van der Waals surface area (Å²) in [7, 11) is 1.48. The monoisotopic (exact) mass is 840 g/mol. The maximum Gasteiger partial charge on any atom is 0.284 e. The zero-order valence-electron chi connectivity index (χ0n) is 38.6. The van der Waals surface area contributed by atoms with Gasteiger partial charge in [-0.2, -0.15) is 0 Å². The molecular weight excluding hydrogens is 785 g/mol. The molecule has 0 saturated heterocycles. The normalized spacial score (nSPS) is 17.6. The molecule has 4 aliphatic heterocycles. The van der Waals surface area contributed by atoms with Gasteiger partial charge in [-0.1, -0.05) is 153 Å². The minimum absolute atomic E-state index is 0.00199. The van der Waals surface area contributed by atoms with Gasteiger partial charge in [0.1, 0.15) is 0 Å². The Kier molecular flexibility index (Phi) is 10.5. The van der Waals surface area contributed by atoms with Crippen LogP contribution in [0.5, 0.6) is 0 Å². The Balaban J connectivity index is 1.38. The van der Waals surface area contributed by atoms with E-state index in [1.807, 2.05) is 24.3 Å². The number of aliphatic imine (C=N–C) groups is 3. The molecule has 9 rings (SSSR count). The van der Waals surface area contributed by atoms with Crippen molar-refractivity contribution in [2.24, 2.45) is 15.0 Å². The second-order valence-electron chi connectivity index (χ2n) is 20.0. The van der Waals surface area contributed by atoms with Crippen LogP contribution in [0.2, 0.25) is 0 Å². The van der Waals surface area contributed by atoms with Gasteiger partial charge in [-0.3, -0.25) is 0 Å². The molecule has 4 aliphatic rings. The Hall–Kier alpha value is -7.05. The van der Waals surface area contributed by atoms with Gasteiger partial charge >= 0.3 is 0 Å². The van der Waals surface area contributed by atoms with Gasteiger partial charge in [0, 0.05) is 38.9 Å². The van der Waals surface area contributed by atoms with E-state index in [1.54, 1.807) is 0 Å². The molecule has 1 aromatic heterocycles. The number of ether oxygens (including phenoxy) is 1. The molecule has 0 unspecified atom stereocenters. The lowest BCUT2D eigenvalue weighted by atomic mass is 9.85. The van der Waals surface area contributed by atoms with E-state index in [2.05, 4.69) is 189 Å². The minimum Gasteiger partial charge on any atom is -0.481 e. The quantitative estimate of drug-likeness (QED) is 0.189. The van der Waals surface area contributed by atoms with Crippen molar-refractivity contribution in [3.05, 3.63) is 218 Å². The summed E-state index contributed by atoms with van der Waals surface area (Å²) in [5.74, 6) is -0.173. The first-order chi connectivity index (χ1) is 30.5. The molecule has 6 heteroatoms. The number of aliphatic hydroxyl groups is 1. The van der Waals surface area contributed by atoms with Crippen LogP contribution in [0.4, 0.5) is 0 Å². The zero-order chi connectivity index (χ0) is 45.1. The molecule has 0 radical (unpaired) electrons. The smallest absolute Gasteiger partial charge is 0.284 e. The van der Waals surface area contributed by atoms with Gasteiger partial charge in [-0.05, 0) is 104 Å². The molecule has 64 heavy (non-hydrogen) atoms. The number of benzene rings is 4. The van der Waals surface area contributed by atoms with Crippen LogP contribution in [0, 0.1) is 0 Å². The average Bonchev–Trinajstić information content (AvgIpc) is 4.11. The van der Waals surface area contributed by atoms with E-state index in [1.165, 1.54) is 23.8 Å². The summed E-state index contributed by atoms with van der Waals surface area (Å²) in [4.78, 5) is 20.3. The number of hydrogen-bond donors (Lipinski definition) is 2. The third-order valence-electron chi connectivity index (χ3n) is 12.4. The van der Waals surface area contributed by atoms with Crippen LogP contribution in [-0.2, 0) is 21.0 Å². The standard InChI is InChI=1S/C58H56N4O2/c1-56(2,3)38-21-15-35(16-22-38)51-43-27-29-45(59-43)52(36-17-23-39(24-18-36)57(4,5)6)47-31-33-49(61-47)54(41-13-11-12-14-42(41)55(63)64-10)50-34-32-48(62-50)53(46-30-28-44(51)60-46)37-19-25-40(26-20-37)58(7,8)9/h11-34,61,63H,1-10H3/b51-44?,52-45?,53-48?,54-41+,55-42+. The van der Waals surface area contributed by atoms with Crippen molar-refractivity contribution in [1.29, 1.82) is 0 Å². The fourth-order valence-corrected chi connectivity index (χ4v) is 8.73. The number of H-pyrrole nitrogens is 1. The molecule has 320 valence electrons. The second-order valence-corrected chi connectivity index (χ2v) is 20.0. The SMILES string of the molecule is CO/C(O)=c1\cccc\c1=C1/C2=NC(=C(c3ccc(C(C)(C)C)cc3)C3=NC(=C(c4ccc(C(C)(C)C)cc4)C4=NC(=C(c5ccc(C(C)(C)C)cc5)c5ccc1[nH]5)C=C4)C=C3)C=C2. The first-order valence-corrected chi connectivity index (χ1v) is 22.1. The first kappa shape index (κ1) is 42.3. The van der Waals surface area contributed by atoms with E-state index in [0.29, 0.717) is 5.22 Å². The predicted octanol–water partition coefficient (Wildman–Crippen LogP) is 12.0. The Morgan fingerprint density at radius 1 is 0.438 bits per heavy atom. The lowest BCUT2D eigenvalue weighted by Crippen LogP contribution is -2.31. The van der Waals surface area contributed by atoms with Gasteiger partial charge in [0.15, 0.2) is 0 Å². The highest BCUT2D eigenvalue weighted by molar-refractivity contribution is 6.37. The van der Waals surface area contributed by atoms with Crippen molar-refractivity contribution < 1.29 is 9.84 Å². The van der Waals surface area contributed by atoms with Crippen molar-refractivity contribution in [3.63, 3.8) is 0 Å². The molecule has 0 spiro atoms. The maximum absolute atomic E-state index is 11.2. The van der Waals surface area contributed by atoms with Gasteiger partial charge in [-0.25, -0.2) is 15.0 Å². The van der Waals surface area contributed by atoms with Gasteiger partial charge < -0.3 is 14.8 Å². The topological polar surface area (TPSA) is 82.3 Å². The number of aliphatic hydroxyl groups excluding tert-OH is 1. The Bertz CT molecular complexity index is 3130. The van der Waals surface area contributed by atoms with E-state index in [-0.39, 0.29) is 22.2 Å². The van der Waals surface area contributed by atoms with E-state index in [4.69, 9.17) is 19.7 Å². The molecule has 4 aromatic carbocycles. The lowest BCUT2D eigenvalue weighted by Gasteiger charge is -2.20. The first-order valence-electron chi connectivity index (χ1n) is 22.1. The molecule has 8 bridgehead atoms. The lowest BCUT2D eigenvalue weighted by molar-refractivity contribution is 0.231. The van der Waals surface area contributed by atoms with Crippen LogP contribution in [0.1, 0.15) is 107 Å². The summed E-state index contributed by atoms with van der Waals surface area (Å²) < 4.78 is 5.45. The number of fused-ring (bicyclic) bond motifs is 5. The van der Waals surface area contributed by atoms with Crippen molar-refractivity contribution in [2.75, 3.05) is 7.11 Å². The minimum atomic E-state index is -0.173. The molecule has 0 fully saturated rings. The molecule has 0 aliphatic carbocycles. The molecule has 2 N–H and O–H groups in total. The summed E-state index contributed by atoms with van der Waals surface area (Å²) in [6, 6.07) is 38.5. The van der Waals surface area contributed by atoms with Crippen LogP contribution in [0.25, 0.3) is 28.2 Å². The zero-order valence-corrected chi connectivity index (χ0v) is 38.6. The Morgan fingerprint density at radius 3 is 1.20 bits per heavy atom. The number of allylic oxidation sites excluding steroid dienone is 8. The maximum atomic E-state index is 11.2. The predicted molar refractivity (Wildman–Crippen MR) is 267 cm³/mol. The van der Waals surface area contributed by atoms with Crippen molar-refractivity contribution in [2.45, 2.75) is 78.6 Å². The van der Waals surface area contributed by atoms with Crippen molar-refractivity contribution >= 4 is 45.4 Å². The van der Waals surface area contributed by atoms with Crippen molar-refractivity contribution in [1.82, 2.24) is 4.98 Å². The highest BCUT2D eigenvalue weighted by Crippen LogP contribution is 2.39. The van der Waals surface area contributed by atoms with Gasteiger partial charge in [-0.15, -0.1) is 0 Å². The van der Waals surface area contributed by atoms with Crippen molar-refractivity contribution in [3.8, 4) is 0 Å². The van der Waals surface area contributed by atoms with Crippen LogP contribution in [0.15, 0.2) is 178 Å². The summed E-state index contributed by atoms with van der Waals surface area (Å²) >= 11 is 0. The fourth-order valence-electron chi connectivity index (χ4n) is 8.73. The van der Waals surface area contributed by atoms with Gasteiger partial charge in [0.05, 0.1) is 46.6 Å². The molecule has 6 nitrogen and oxygen atoms in total. The number of rotatable bonds is 4. The average molecular weight is 841 g/mol. The van der Waals surface area contributed by atoms with E-state index < -0.39 is 0 Å². The number of aromatic nitrogens is 1. The molecule has 0 saturated carbocycles. The van der Waals surface area contributed by atoms with Gasteiger partial charge in [0.25, 0.3) is 5.95 Å². The van der Waals surface area contributed by atoms with Crippen LogP contribution in [-0.4, -0.2) is 34.3 Å². The number of methoxy groups -OCH3 is 1. The third-order valence-corrected chi connectivity index (χ3v) is 12.4. The molecule has 0 amide bonds. The number of nitrogens with zero attached hydrogens (tertiary/aromatic N) is 3. The highest BCUT2D eigenvalue weighted by Gasteiger charge is 2.28. The Morgan fingerprint density at radius 2 is 0.797 bits per heavy atom. The third kappa shape index (κ3) is 7.94. The summed E-state index contributed by atoms with van der Waals surface area (Å²) in [5.41, 5.74) is 17.0. The largest absolute Gasteiger partial charge is 0.481 e. The molecule has 5 aromatic rings. The summed E-state index contributed by atoms with van der Waals surface area (Å²) in [5, 5.41) is 12.5. The second kappa shape index (κ2) is 15.9. The number of aromatic amines is 1. The Labute approximate surface area is 377 Å². The van der Waals surface area contributed by atoms with Crippen LogP contribution < -0.4 is 10.4 Å². The van der Waals surface area contributed by atoms with E-state index >= 15 is 0 Å². The summed E-state index contributed by atoms with van der Waals surface area (Å²) in [6.45, 7) is 20.1.